The summed E-state index contributed by atoms with van der Waals surface area (Å²) in [5, 5.41) is 15.4. The van der Waals surface area contributed by atoms with Crippen LogP contribution in [0.1, 0.15) is 17.2 Å². The van der Waals surface area contributed by atoms with Crippen molar-refractivity contribution in [3.8, 4) is 5.75 Å². The van der Waals surface area contributed by atoms with Gasteiger partial charge in [-0.3, -0.25) is 0 Å². The van der Waals surface area contributed by atoms with Crippen molar-refractivity contribution in [2.24, 2.45) is 0 Å². The predicted octanol–water partition coefficient (Wildman–Crippen LogP) is 4.75. The number of ether oxygens (including phenoxy) is 1. The first kappa shape index (κ1) is 17.9. The Bertz CT molecular complexity index is 1010. The van der Waals surface area contributed by atoms with Crippen LogP contribution >= 0.6 is 27.5 Å². The molecule has 138 valence electrons. The van der Waals surface area contributed by atoms with Crippen molar-refractivity contribution in [1.82, 2.24) is 20.2 Å². The van der Waals surface area contributed by atoms with Crippen molar-refractivity contribution in [1.29, 1.82) is 0 Å². The summed E-state index contributed by atoms with van der Waals surface area (Å²) in [6.07, 6.45) is 1.84. The second kappa shape index (κ2) is 7.24. The Balaban J connectivity index is 1.83. The molecule has 0 amide bonds. The summed E-state index contributed by atoms with van der Waals surface area (Å²) >= 11 is 9.33. The predicted molar refractivity (Wildman–Crippen MR) is 99.8 cm³/mol. The number of anilines is 1. The summed E-state index contributed by atoms with van der Waals surface area (Å²) < 4.78 is 32.6. The first-order chi connectivity index (χ1) is 13.0. The van der Waals surface area contributed by atoms with Crippen molar-refractivity contribution >= 4 is 39.2 Å². The van der Waals surface area contributed by atoms with Crippen LogP contribution in [-0.2, 0) is 0 Å². The maximum Gasteiger partial charge on any atom is 0.387 e. The van der Waals surface area contributed by atoms with E-state index in [4.69, 9.17) is 16.3 Å². The molecule has 0 saturated carbocycles. The number of fused-ring (bicyclic) bond motifs is 1. The van der Waals surface area contributed by atoms with Gasteiger partial charge in [-0.05, 0) is 52.4 Å². The second-order valence-electron chi connectivity index (χ2n) is 5.66. The highest BCUT2D eigenvalue weighted by atomic mass is 79.9. The molecular formula is C17H11BrClF2N5O. The zero-order chi connectivity index (χ0) is 19.0. The van der Waals surface area contributed by atoms with Crippen LogP contribution in [0.2, 0.25) is 5.02 Å². The molecule has 1 N–H and O–H groups in total. The third-order valence-corrected chi connectivity index (χ3v) is 4.73. The first-order valence-corrected chi connectivity index (χ1v) is 8.95. The standard InChI is InChI=1S/C17H11BrClF2N5O/c18-10-3-6-15(27-16(20)21)12(7-10)14-8-13(9-1-4-11(19)5-2-9)22-17-23-24-25-26(14)17/h1-8,14,16H,(H,22,23,25)/t14-/m1/s1. The fourth-order valence-corrected chi connectivity index (χ4v) is 3.33. The minimum Gasteiger partial charge on any atom is -0.434 e. The molecule has 3 aromatic rings. The minimum absolute atomic E-state index is 0.0493. The van der Waals surface area contributed by atoms with Gasteiger partial charge in [0.2, 0.25) is 5.95 Å². The summed E-state index contributed by atoms with van der Waals surface area (Å²) in [5.74, 6) is 0.434. The highest BCUT2D eigenvalue weighted by Crippen LogP contribution is 2.37. The van der Waals surface area contributed by atoms with Crippen LogP contribution in [0.4, 0.5) is 14.7 Å². The van der Waals surface area contributed by atoms with Crippen molar-refractivity contribution in [2.45, 2.75) is 12.7 Å². The zero-order valence-electron chi connectivity index (χ0n) is 13.5. The van der Waals surface area contributed by atoms with E-state index in [1.807, 2.05) is 18.2 Å². The molecule has 1 aliphatic heterocycles. The van der Waals surface area contributed by atoms with E-state index in [-0.39, 0.29) is 5.75 Å². The van der Waals surface area contributed by atoms with Crippen LogP contribution in [0.3, 0.4) is 0 Å². The van der Waals surface area contributed by atoms with E-state index in [9.17, 15) is 8.78 Å². The molecule has 1 atom stereocenters. The molecule has 0 spiro atoms. The summed E-state index contributed by atoms with van der Waals surface area (Å²) in [6, 6.07) is 11.5. The Kier molecular flexibility index (Phi) is 4.79. The van der Waals surface area contributed by atoms with Gasteiger partial charge in [-0.1, -0.05) is 44.8 Å². The Hall–Kier alpha value is -2.52. The van der Waals surface area contributed by atoms with E-state index in [2.05, 4.69) is 36.8 Å². The number of aromatic nitrogens is 4. The number of halogens is 4. The van der Waals surface area contributed by atoms with Gasteiger partial charge in [0.15, 0.2) is 0 Å². The SMILES string of the molecule is FC(F)Oc1ccc(Br)cc1[C@H]1C=C(c2ccc(Cl)cc2)Nc2nnnn21. The largest absolute Gasteiger partial charge is 0.434 e. The van der Waals surface area contributed by atoms with E-state index in [0.29, 0.717) is 21.0 Å². The zero-order valence-corrected chi connectivity index (χ0v) is 15.8. The summed E-state index contributed by atoms with van der Waals surface area (Å²) in [6.45, 7) is -2.94. The number of nitrogens with one attached hydrogen (secondary N) is 1. The molecule has 0 unspecified atom stereocenters. The third-order valence-electron chi connectivity index (χ3n) is 3.99. The summed E-state index contributed by atoms with van der Waals surface area (Å²) in [7, 11) is 0. The topological polar surface area (TPSA) is 64.9 Å². The summed E-state index contributed by atoms with van der Waals surface area (Å²) in [5.41, 5.74) is 2.07. The molecule has 1 aliphatic rings. The van der Waals surface area contributed by atoms with Crippen LogP contribution < -0.4 is 10.1 Å². The Morgan fingerprint density at radius 3 is 2.70 bits per heavy atom. The van der Waals surface area contributed by atoms with Crippen molar-refractivity contribution in [3.63, 3.8) is 0 Å². The number of benzene rings is 2. The molecule has 1 aromatic heterocycles. The summed E-state index contributed by atoms with van der Waals surface area (Å²) in [4.78, 5) is 0. The number of tetrazole rings is 1. The lowest BCUT2D eigenvalue weighted by Crippen LogP contribution is -2.21. The maximum atomic E-state index is 12.9. The van der Waals surface area contributed by atoms with E-state index >= 15 is 0 Å². The highest BCUT2D eigenvalue weighted by molar-refractivity contribution is 9.10. The molecule has 0 bridgehead atoms. The molecule has 2 aromatic carbocycles. The average molecular weight is 455 g/mol. The number of hydrogen-bond acceptors (Lipinski definition) is 5. The van der Waals surface area contributed by atoms with E-state index in [1.165, 1.54) is 10.7 Å². The molecule has 0 fully saturated rings. The lowest BCUT2D eigenvalue weighted by atomic mass is 10.0. The highest BCUT2D eigenvalue weighted by Gasteiger charge is 2.27. The Labute approximate surface area is 165 Å². The van der Waals surface area contributed by atoms with Crippen LogP contribution in [0.15, 0.2) is 53.0 Å². The molecule has 10 heteroatoms. The quantitative estimate of drug-likeness (QED) is 0.616. The number of allylic oxidation sites excluding steroid dienone is 1. The average Bonchev–Trinajstić information content (AvgIpc) is 3.11. The number of rotatable bonds is 4. The van der Waals surface area contributed by atoms with Gasteiger partial charge in [-0.15, -0.1) is 0 Å². The minimum atomic E-state index is -2.94. The van der Waals surface area contributed by atoms with Gasteiger partial charge in [-0.25, -0.2) is 0 Å². The smallest absolute Gasteiger partial charge is 0.387 e. The van der Waals surface area contributed by atoms with Crippen LogP contribution in [0.25, 0.3) is 5.70 Å². The Morgan fingerprint density at radius 1 is 1.19 bits per heavy atom. The Morgan fingerprint density at radius 2 is 1.96 bits per heavy atom. The van der Waals surface area contributed by atoms with Crippen molar-refractivity contribution in [3.05, 3.63) is 69.2 Å². The van der Waals surface area contributed by atoms with Gasteiger partial charge in [0.05, 0.1) is 0 Å². The molecule has 6 nitrogen and oxygen atoms in total. The first-order valence-electron chi connectivity index (χ1n) is 7.78. The molecule has 2 heterocycles. The molecular weight excluding hydrogens is 444 g/mol. The van der Waals surface area contributed by atoms with Crippen molar-refractivity contribution < 1.29 is 13.5 Å². The molecule has 27 heavy (non-hydrogen) atoms. The van der Waals surface area contributed by atoms with Crippen LogP contribution in [0.5, 0.6) is 5.75 Å². The molecule has 0 aliphatic carbocycles. The second-order valence-corrected chi connectivity index (χ2v) is 7.02. The normalized spacial score (nSPS) is 15.9. The monoisotopic (exact) mass is 453 g/mol. The molecule has 0 radical (unpaired) electrons. The number of nitrogens with zero attached hydrogens (tertiary/aromatic N) is 4. The molecule has 4 rings (SSSR count). The lowest BCUT2D eigenvalue weighted by Gasteiger charge is -2.25. The van der Waals surface area contributed by atoms with Gasteiger partial charge >= 0.3 is 6.61 Å². The van der Waals surface area contributed by atoms with E-state index < -0.39 is 12.7 Å². The fraction of sp³-hybridized carbons (Fsp3) is 0.118. The number of hydrogen-bond donors (Lipinski definition) is 1. The lowest BCUT2D eigenvalue weighted by molar-refractivity contribution is -0.0506. The number of alkyl halides is 2. The van der Waals surface area contributed by atoms with Crippen LogP contribution in [0, 0.1) is 0 Å². The van der Waals surface area contributed by atoms with E-state index in [0.717, 1.165) is 11.3 Å². The van der Waals surface area contributed by atoms with Gasteiger partial charge in [0, 0.05) is 20.8 Å². The maximum absolute atomic E-state index is 12.9. The van der Waals surface area contributed by atoms with Gasteiger partial charge in [-0.2, -0.15) is 13.5 Å². The fourth-order valence-electron chi connectivity index (χ4n) is 2.83. The van der Waals surface area contributed by atoms with Crippen molar-refractivity contribution in [2.75, 3.05) is 5.32 Å². The van der Waals surface area contributed by atoms with Gasteiger partial charge < -0.3 is 10.1 Å². The van der Waals surface area contributed by atoms with Gasteiger partial charge in [0.1, 0.15) is 11.8 Å². The van der Waals surface area contributed by atoms with Crippen LogP contribution in [-0.4, -0.2) is 26.8 Å². The van der Waals surface area contributed by atoms with E-state index in [1.54, 1.807) is 24.3 Å². The molecule has 0 saturated heterocycles. The third kappa shape index (κ3) is 3.65. The van der Waals surface area contributed by atoms with Gasteiger partial charge in [0.25, 0.3) is 0 Å².